The van der Waals surface area contributed by atoms with Crippen LogP contribution in [0.15, 0.2) is 59.1 Å². The van der Waals surface area contributed by atoms with Gasteiger partial charge in [0.15, 0.2) is 0 Å². The molecule has 0 radical (unpaired) electrons. The zero-order valence-electron chi connectivity index (χ0n) is 14.3. The number of carbonyl (C=O) groups is 1. The highest BCUT2D eigenvalue weighted by Crippen LogP contribution is 2.32. The molecule has 3 aromatic rings. The van der Waals surface area contributed by atoms with E-state index in [1.54, 1.807) is 0 Å². The normalized spacial score (nSPS) is 15.7. The van der Waals surface area contributed by atoms with Gasteiger partial charge in [0.25, 0.3) is 5.91 Å². The van der Waals surface area contributed by atoms with Crippen molar-refractivity contribution in [2.45, 2.75) is 18.8 Å². The van der Waals surface area contributed by atoms with Crippen molar-refractivity contribution >= 4 is 32.7 Å². The van der Waals surface area contributed by atoms with E-state index in [2.05, 4.69) is 57.9 Å². The number of likely N-dealkylation sites (tertiary alicyclic amines) is 1. The Bertz CT molecular complexity index is 923. The predicted molar refractivity (Wildman–Crippen MR) is 105 cm³/mol. The van der Waals surface area contributed by atoms with Crippen LogP contribution in [0.2, 0.25) is 0 Å². The molecule has 0 atom stereocenters. The van der Waals surface area contributed by atoms with Crippen LogP contribution in [-0.2, 0) is 7.05 Å². The summed E-state index contributed by atoms with van der Waals surface area (Å²) < 4.78 is 3.18. The molecule has 0 N–H and O–H groups in total. The summed E-state index contributed by atoms with van der Waals surface area (Å²) in [4.78, 5) is 14.7. The summed E-state index contributed by atoms with van der Waals surface area (Å²) in [6.07, 6.45) is 2.03. The highest BCUT2D eigenvalue weighted by Gasteiger charge is 2.27. The summed E-state index contributed by atoms with van der Waals surface area (Å²) in [6, 6.07) is 18.5. The Kier molecular flexibility index (Phi) is 4.38. The van der Waals surface area contributed by atoms with E-state index in [1.165, 1.54) is 16.6 Å². The van der Waals surface area contributed by atoms with Crippen LogP contribution in [0.4, 0.5) is 0 Å². The van der Waals surface area contributed by atoms with Gasteiger partial charge in [-0.1, -0.05) is 30.3 Å². The molecule has 25 heavy (non-hydrogen) atoms. The van der Waals surface area contributed by atoms with E-state index in [0.29, 0.717) is 5.92 Å². The Balaban J connectivity index is 1.50. The number of halogens is 1. The Labute approximate surface area is 156 Å². The highest BCUT2D eigenvalue weighted by molar-refractivity contribution is 9.10. The fourth-order valence-corrected chi connectivity index (χ4v) is 4.34. The van der Waals surface area contributed by atoms with Crippen molar-refractivity contribution in [1.29, 1.82) is 0 Å². The van der Waals surface area contributed by atoms with Crippen molar-refractivity contribution in [3.8, 4) is 0 Å². The molecule has 4 heteroatoms. The second-order valence-corrected chi connectivity index (χ2v) is 7.59. The molecular weight excluding hydrogens is 376 g/mol. The molecule has 1 aliphatic rings. The van der Waals surface area contributed by atoms with Gasteiger partial charge < -0.3 is 9.47 Å². The number of carbonyl (C=O) groups excluding carboxylic acids is 1. The minimum Gasteiger partial charge on any atom is -0.347 e. The zero-order valence-corrected chi connectivity index (χ0v) is 15.9. The molecule has 1 aromatic heterocycles. The molecule has 4 rings (SSSR count). The second kappa shape index (κ2) is 6.68. The number of aromatic nitrogens is 1. The van der Waals surface area contributed by atoms with Crippen LogP contribution in [0.3, 0.4) is 0 Å². The van der Waals surface area contributed by atoms with E-state index in [4.69, 9.17) is 0 Å². The van der Waals surface area contributed by atoms with Crippen molar-refractivity contribution in [3.63, 3.8) is 0 Å². The third kappa shape index (κ3) is 2.99. The number of benzene rings is 2. The van der Waals surface area contributed by atoms with Gasteiger partial charge in [0.05, 0.1) is 5.56 Å². The lowest BCUT2D eigenvalue weighted by atomic mass is 9.93. The molecule has 3 nitrogen and oxygen atoms in total. The van der Waals surface area contributed by atoms with Gasteiger partial charge in [-0.05, 0) is 58.4 Å². The fraction of sp³-hybridized carbons (Fsp3) is 0.286. The van der Waals surface area contributed by atoms with Gasteiger partial charge in [-0.25, -0.2) is 0 Å². The van der Waals surface area contributed by atoms with E-state index >= 15 is 0 Å². The van der Waals surface area contributed by atoms with Crippen LogP contribution in [-0.4, -0.2) is 28.5 Å². The third-order valence-corrected chi connectivity index (χ3v) is 5.99. The van der Waals surface area contributed by atoms with E-state index in [-0.39, 0.29) is 5.91 Å². The molecule has 0 bridgehead atoms. The Hall–Kier alpha value is -2.07. The molecule has 0 saturated carbocycles. The minimum absolute atomic E-state index is 0.128. The topological polar surface area (TPSA) is 25.2 Å². The van der Waals surface area contributed by atoms with Crippen LogP contribution in [0.5, 0.6) is 0 Å². The maximum atomic E-state index is 12.8. The number of amides is 1. The smallest absolute Gasteiger partial charge is 0.254 e. The van der Waals surface area contributed by atoms with E-state index < -0.39 is 0 Å². The van der Waals surface area contributed by atoms with Crippen LogP contribution in [0, 0.1) is 0 Å². The number of rotatable bonds is 2. The average Bonchev–Trinajstić information content (AvgIpc) is 2.99. The molecule has 0 spiro atoms. The Morgan fingerprint density at radius 3 is 2.44 bits per heavy atom. The number of aryl methyl sites for hydroxylation is 1. The van der Waals surface area contributed by atoms with Gasteiger partial charge in [0.2, 0.25) is 0 Å². The first kappa shape index (κ1) is 16.4. The van der Waals surface area contributed by atoms with E-state index in [1.807, 2.05) is 29.2 Å². The summed E-state index contributed by atoms with van der Waals surface area (Å²) in [6.45, 7) is 1.62. The predicted octanol–water partition coefficient (Wildman–Crippen LogP) is 4.96. The molecule has 1 amide bonds. The third-order valence-electron chi connectivity index (χ3n) is 5.29. The number of hydrogen-bond acceptors (Lipinski definition) is 1. The standard InChI is InChI=1S/C21H21BrN2O/c1-23-19-9-5-2-6-16(19)14-20(23)15-10-12-24(13-11-15)21(25)17-7-3-4-8-18(17)22/h2-9,14-15H,10-13H2,1H3. The number of nitrogens with zero attached hydrogens (tertiary/aromatic N) is 2. The number of hydrogen-bond donors (Lipinski definition) is 0. The van der Waals surface area contributed by atoms with Gasteiger partial charge >= 0.3 is 0 Å². The van der Waals surface area contributed by atoms with Crippen LogP contribution in [0.25, 0.3) is 10.9 Å². The number of para-hydroxylation sites is 1. The lowest BCUT2D eigenvalue weighted by molar-refractivity contribution is 0.0710. The van der Waals surface area contributed by atoms with Crippen molar-refractivity contribution in [2.75, 3.05) is 13.1 Å². The first-order valence-corrected chi connectivity index (χ1v) is 9.52. The maximum Gasteiger partial charge on any atom is 0.254 e. The summed E-state index contributed by atoms with van der Waals surface area (Å²) >= 11 is 3.49. The van der Waals surface area contributed by atoms with Gasteiger partial charge in [0.1, 0.15) is 0 Å². The van der Waals surface area contributed by atoms with Gasteiger partial charge in [-0.15, -0.1) is 0 Å². The Morgan fingerprint density at radius 2 is 1.72 bits per heavy atom. The quantitative estimate of drug-likeness (QED) is 0.600. The largest absolute Gasteiger partial charge is 0.347 e. The summed E-state index contributed by atoms with van der Waals surface area (Å²) in [5.74, 6) is 0.642. The first-order valence-electron chi connectivity index (χ1n) is 8.73. The van der Waals surface area contributed by atoms with Crippen molar-refractivity contribution in [1.82, 2.24) is 9.47 Å². The van der Waals surface area contributed by atoms with Gasteiger partial charge in [-0.3, -0.25) is 4.79 Å². The minimum atomic E-state index is 0.128. The molecule has 1 aliphatic heterocycles. The lowest BCUT2D eigenvalue weighted by Crippen LogP contribution is -2.38. The summed E-state index contributed by atoms with van der Waals surface area (Å²) in [7, 11) is 2.15. The van der Waals surface area contributed by atoms with Crippen molar-refractivity contribution < 1.29 is 4.79 Å². The number of piperidine rings is 1. The molecule has 1 saturated heterocycles. The zero-order chi connectivity index (χ0) is 17.4. The van der Waals surface area contributed by atoms with Crippen LogP contribution >= 0.6 is 15.9 Å². The molecule has 2 heterocycles. The van der Waals surface area contributed by atoms with Crippen molar-refractivity contribution in [3.05, 3.63) is 70.3 Å². The second-order valence-electron chi connectivity index (χ2n) is 6.73. The summed E-state index contributed by atoms with van der Waals surface area (Å²) in [5, 5.41) is 1.30. The molecule has 1 fully saturated rings. The summed E-state index contributed by atoms with van der Waals surface area (Å²) in [5.41, 5.74) is 3.42. The molecular formula is C21H21BrN2O. The van der Waals surface area contributed by atoms with Gasteiger partial charge in [0, 0.05) is 41.7 Å². The molecule has 2 aromatic carbocycles. The monoisotopic (exact) mass is 396 g/mol. The molecule has 0 aliphatic carbocycles. The lowest BCUT2D eigenvalue weighted by Gasteiger charge is -2.32. The molecule has 128 valence electrons. The maximum absolute atomic E-state index is 12.8. The average molecular weight is 397 g/mol. The van der Waals surface area contributed by atoms with Gasteiger partial charge in [-0.2, -0.15) is 0 Å². The fourth-order valence-electron chi connectivity index (χ4n) is 3.89. The van der Waals surface area contributed by atoms with E-state index in [9.17, 15) is 4.79 Å². The number of fused-ring (bicyclic) bond motifs is 1. The first-order chi connectivity index (χ1) is 12.1. The van der Waals surface area contributed by atoms with Crippen LogP contribution in [0.1, 0.15) is 34.8 Å². The Morgan fingerprint density at radius 1 is 1.04 bits per heavy atom. The van der Waals surface area contributed by atoms with Crippen LogP contribution < -0.4 is 0 Å². The molecule has 0 unspecified atom stereocenters. The van der Waals surface area contributed by atoms with Crippen molar-refractivity contribution in [2.24, 2.45) is 7.05 Å². The SMILES string of the molecule is Cn1c(C2CCN(C(=O)c3ccccc3Br)CC2)cc2ccccc21. The van der Waals surface area contributed by atoms with E-state index in [0.717, 1.165) is 36.0 Å². The highest BCUT2D eigenvalue weighted by atomic mass is 79.9.